The van der Waals surface area contributed by atoms with Crippen LogP contribution < -0.4 is 0 Å². The van der Waals surface area contributed by atoms with Gasteiger partial charge in [-0.3, -0.25) is 9.80 Å². The fourth-order valence-corrected chi connectivity index (χ4v) is 4.81. The van der Waals surface area contributed by atoms with Crippen LogP contribution in [-0.2, 0) is 6.54 Å². The zero-order chi connectivity index (χ0) is 21.8. The van der Waals surface area contributed by atoms with Gasteiger partial charge in [-0.15, -0.1) is 0 Å². The van der Waals surface area contributed by atoms with E-state index in [4.69, 9.17) is 0 Å². The Morgan fingerprint density at radius 1 is 0.806 bits per heavy atom. The Bertz CT molecular complexity index is 937. The van der Waals surface area contributed by atoms with Gasteiger partial charge in [-0.2, -0.15) is 0 Å². The van der Waals surface area contributed by atoms with Crippen LogP contribution in [0.3, 0.4) is 0 Å². The highest BCUT2D eigenvalue weighted by Crippen LogP contribution is 2.31. The zero-order valence-corrected chi connectivity index (χ0v) is 19.0. The summed E-state index contributed by atoms with van der Waals surface area (Å²) >= 11 is 0. The molecule has 1 heterocycles. The van der Waals surface area contributed by atoms with Crippen LogP contribution in [0.5, 0.6) is 5.75 Å². The minimum Gasteiger partial charge on any atom is -0.508 e. The normalized spacial score (nSPS) is 15.6. The van der Waals surface area contributed by atoms with E-state index < -0.39 is 0 Å². The summed E-state index contributed by atoms with van der Waals surface area (Å²) in [6.07, 6.45) is 0. The van der Waals surface area contributed by atoms with E-state index in [0.717, 1.165) is 38.3 Å². The molecular formula is C28H34N2O. The number of hydrogen-bond donors (Lipinski definition) is 1. The highest BCUT2D eigenvalue weighted by Gasteiger charge is 2.26. The van der Waals surface area contributed by atoms with Gasteiger partial charge in [0, 0.05) is 38.3 Å². The number of rotatable bonds is 6. The summed E-state index contributed by atoms with van der Waals surface area (Å²) in [7, 11) is 0. The van der Waals surface area contributed by atoms with Crippen molar-refractivity contribution in [2.24, 2.45) is 0 Å². The van der Waals surface area contributed by atoms with Gasteiger partial charge in [-0.05, 0) is 41.2 Å². The molecule has 3 aromatic carbocycles. The topological polar surface area (TPSA) is 26.7 Å². The molecule has 3 nitrogen and oxygen atoms in total. The first-order valence-corrected chi connectivity index (χ1v) is 11.4. The first kappa shape index (κ1) is 21.6. The second-order valence-electron chi connectivity index (χ2n) is 9.03. The molecule has 4 rings (SSSR count). The molecule has 3 aromatic rings. The van der Waals surface area contributed by atoms with Gasteiger partial charge in [0.15, 0.2) is 0 Å². The highest BCUT2D eigenvalue weighted by atomic mass is 16.3. The molecule has 0 unspecified atom stereocenters. The first-order chi connectivity index (χ1) is 15.0. The predicted octanol–water partition coefficient (Wildman–Crippen LogP) is 5.73. The molecule has 1 N–H and O–H groups in total. The van der Waals surface area contributed by atoms with E-state index in [-0.39, 0.29) is 6.04 Å². The lowest BCUT2D eigenvalue weighted by Gasteiger charge is -2.40. The third-order valence-electron chi connectivity index (χ3n) is 6.49. The van der Waals surface area contributed by atoms with E-state index in [1.165, 1.54) is 22.3 Å². The lowest BCUT2D eigenvalue weighted by atomic mass is 9.94. The molecule has 1 aliphatic heterocycles. The van der Waals surface area contributed by atoms with Crippen molar-refractivity contribution in [2.45, 2.75) is 39.3 Å². The lowest BCUT2D eigenvalue weighted by molar-refractivity contribution is 0.104. The van der Waals surface area contributed by atoms with Gasteiger partial charge in [-0.1, -0.05) is 80.6 Å². The average molecular weight is 415 g/mol. The van der Waals surface area contributed by atoms with Crippen LogP contribution in [0, 0.1) is 6.92 Å². The van der Waals surface area contributed by atoms with Crippen LogP contribution in [0.1, 0.15) is 53.6 Å². The van der Waals surface area contributed by atoms with Crippen LogP contribution in [0.25, 0.3) is 0 Å². The van der Waals surface area contributed by atoms with Gasteiger partial charge in [0.05, 0.1) is 6.04 Å². The van der Waals surface area contributed by atoms with E-state index in [1.807, 2.05) is 6.07 Å². The standard InChI is InChI=1S/C28H34N2O/c1-21(2)26-19-25(27(31)18-22(26)3)20-29-14-16-30(17-15-29)28(23-10-6-4-7-11-23)24-12-8-5-9-13-24/h4-13,18-19,21,28,31H,14-17,20H2,1-3H3. The number of phenols is 1. The highest BCUT2D eigenvalue weighted by molar-refractivity contribution is 5.42. The molecule has 0 amide bonds. The van der Waals surface area contributed by atoms with E-state index in [9.17, 15) is 5.11 Å². The van der Waals surface area contributed by atoms with Crippen LogP contribution in [-0.4, -0.2) is 41.1 Å². The van der Waals surface area contributed by atoms with Crippen molar-refractivity contribution in [3.63, 3.8) is 0 Å². The Morgan fingerprint density at radius 2 is 1.35 bits per heavy atom. The SMILES string of the molecule is Cc1cc(O)c(CN2CCN(C(c3ccccc3)c3ccccc3)CC2)cc1C(C)C. The fourth-order valence-electron chi connectivity index (χ4n) is 4.81. The molecule has 0 aliphatic carbocycles. The third kappa shape index (κ3) is 5.00. The predicted molar refractivity (Wildman–Crippen MR) is 129 cm³/mol. The summed E-state index contributed by atoms with van der Waals surface area (Å²) in [4.78, 5) is 5.06. The second-order valence-corrected chi connectivity index (χ2v) is 9.03. The number of nitrogens with zero attached hydrogens (tertiary/aromatic N) is 2. The van der Waals surface area contributed by atoms with E-state index in [0.29, 0.717) is 11.7 Å². The summed E-state index contributed by atoms with van der Waals surface area (Å²) in [5.74, 6) is 0.893. The Labute approximate surface area is 187 Å². The van der Waals surface area contributed by atoms with E-state index in [1.54, 1.807) is 0 Å². The van der Waals surface area contributed by atoms with Crippen molar-refractivity contribution in [3.05, 3.63) is 101 Å². The summed E-state index contributed by atoms with van der Waals surface area (Å²) in [5.41, 5.74) is 6.25. The minimum atomic E-state index is 0.282. The van der Waals surface area contributed by atoms with Gasteiger partial charge in [0.2, 0.25) is 0 Å². The first-order valence-electron chi connectivity index (χ1n) is 11.4. The number of aromatic hydroxyl groups is 1. The van der Waals surface area contributed by atoms with Crippen LogP contribution in [0.4, 0.5) is 0 Å². The molecule has 1 aliphatic rings. The Morgan fingerprint density at radius 3 is 1.87 bits per heavy atom. The summed E-state index contributed by atoms with van der Waals surface area (Å²) in [6, 6.07) is 26.1. The zero-order valence-electron chi connectivity index (χ0n) is 19.0. The summed E-state index contributed by atoms with van der Waals surface area (Å²) in [6.45, 7) is 11.4. The molecule has 0 atom stereocenters. The Hall–Kier alpha value is -2.62. The lowest BCUT2D eigenvalue weighted by Crippen LogP contribution is -2.47. The molecule has 0 radical (unpaired) electrons. The molecule has 0 spiro atoms. The third-order valence-corrected chi connectivity index (χ3v) is 6.49. The summed E-state index contributed by atoms with van der Waals surface area (Å²) in [5, 5.41) is 10.5. The minimum absolute atomic E-state index is 0.282. The van der Waals surface area contributed by atoms with Crippen molar-refractivity contribution in [1.29, 1.82) is 0 Å². The van der Waals surface area contributed by atoms with Gasteiger partial charge in [0.25, 0.3) is 0 Å². The summed E-state index contributed by atoms with van der Waals surface area (Å²) < 4.78 is 0. The fraction of sp³-hybridized carbons (Fsp3) is 0.357. The molecule has 0 bridgehead atoms. The molecular weight excluding hydrogens is 380 g/mol. The second kappa shape index (κ2) is 9.67. The quantitative estimate of drug-likeness (QED) is 0.558. The smallest absolute Gasteiger partial charge is 0.120 e. The van der Waals surface area contributed by atoms with Crippen molar-refractivity contribution in [1.82, 2.24) is 9.80 Å². The maximum atomic E-state index is 10.5. The number of benzene rings is 3. The van der Waals surface area contributed by atoms with Crippen LogP contribution in [0.15, 0.2) is 72.8 Å². The Balaban J connectivity index is 1.48. The largest absolute Gasteiger partial charge is 0.508 e. The maximum absolute atomic E-state index is 10.5. The van der Waals surface area contributed by atoms with Crippen molar-refractivity contribution >= 4 is 0 Å². The number of piperazine rings is 1. The molecule has 0 saturated carbocycles. The molecule has 0 aromatic heterocycles. The van der Waals surface area contributed by atoms with Gasteiger partial charge < -0.3 is 5.11 Å². The van der Waals surface area contributed by atoms with Crippen LogP contribution in [0.2, 0.25) is 0 Å². The molecule has 31 heavy (non-hydrogen) atoms. The number of aryl methyl sites for hydroxylation is 1. The van der Waals surface area contributed by atoms with Crippen molar-refractivity contribution < 1.29 is 5.11 Å². The van der Waals surface area contributed by atoms with Crippen LogP contribution >= 0.6 is 0 Å². The molecule has 162 valence electrons. The average Bonchev–Trinajstić information content (AvgIpc) is 2.78. The monoisotopic (exact) mass is 414 g/mol. The Kier molecular flexibility index (Phi) is 6.74. The van der Waals surface area contributed by atoms with Gasteiger partial charge in [-0.25, -0.2) is 0 Å². The number of hydrogen-bond acceptors (Lipinski definition) is 3. The molecule has 1 fully saturated rings. The van der Waals surface area contributed by atoms with E-state index in [2.05, 4.69) is 97.3 Å². The molecule has 3 heteroatoms. The maximum Gasteiger partial charge on any atom is 0.120 e. The molecule has 1 saturated heterocycles. The number of phenolic OH excluding ortho intramolecular Hbond substituents is 1. The van der Waals surface area contributed by atoms with E-state index >= 15 is 0 Å². The van der Waals surface area contributed by atoms with Gasteiger partial charge in [0.1, 0.15) is 5.75 Å². The van der Waals surface area contributed by atoms with Crippen molar-refractivity contribution in [3.8, 4) is 5.75 Å². The van der Waals surface area contributed by atoms with Crippen molar-refractivity contribution in [2.75, 3.05) is 26.2 Å². The van der Waals surface area contributed by atoms with Gasteiger partial charge >= 0.3 is 0 Å².